The summed E-state index contributed by atoms with van der Waals surface area (Å²) in [6, 6.07) is 2.17. The zero-order chi connectivity index (χ0) is 12.8. The molecule has 1 aliphatic carbocycles. The van der Waals surface area contributed by atoms with Crippen molar-refractivity contribution < 1.29 is 9.47 Å². The van der Waals surface area contributed by atoms with Gasteiger partial charge in [-0.15, -0.1) is 0 Å². The number of hydrogen-bond acceptors (Lipinski definition) is 4. The monoisotopic (exact) mass is 250 g/mol. The maximum Gasteiger partial charge on any atom is 0.218 e. The zero-order valence-electron chi connectivity index (χ0n) is 11.1. The van der Waals surface area contributed by atoms with Crippen LogP contribution in [0.4, 0.5) is 0 Å². The molecule has 1 heterocycles. The normalized spacial score (nSPS) is 14.3. The number of ether oxygens (including phenoxy) is 2. The highest BCUT2D eigenvalue weighted by molar-refractivity contribution is 5.35. The lowest BCUT2D eigenvalue weighted by Crippen LogP contribution is -2.12. The summed E-state index contributed by atoms with van der Waals surface area (Å²) in [5.41, 5.74) is 9.34. The molecule has 0 fully saturated rings. The number of aromatic nitrogens is 1. The van der Waals surface area contributed by atoms with Crippen molar-refractivity contribution in [3.8, 4) is 5.88 Å². The SMILES string of the molecule is COCCCOc1nc2c(cc1CN)CCCC2. The Bertz CT molecular complexity index is 394. The molecule has 18 heavy (non-hydrogen) atoms. The van der Waals surface area contributed by atoms with Gasteiger partial charge < -0.3 is 15.2 Å². The van der Waals surface area contributed by atoms with Gasteiger partial charge in [-0.2, -0.15) is 0 Å². The van der Waals surface area contributed by atoms with Crippen LogP contribution in [-0.2, 0) is 24.1 Å². The second-order valence-electron chi connectivity index (χ2n) is 4.66. The van der Waals surface area contributed by atoms with Crippen LogP contribution in [0.3, 0.4) is 0 Å². The molecule has 1 aromatic heterocycles. The Balaban J connectivity index is 2.07. The molecule has 0 radical (unpaired) electrons. The fraction of sp³-hybridized carbons (Fsp3) is 0.643. The molecule has 2 N–H and O–H groups in total. The molecule has 0 bridgehead atoms. The van der Waals surface area contributed by atoms with Gasteiger partial charge in [-0.1, -0.05) is 0 Å². The first-order valence-corrected chi connectivity index (χ1v) is 6.68. The maximum atomic E-state index is 5.77. The second-order valence-corrected chi connectivity index (χ2v) is 4.66. The molecule has 0 spiro atoms. The van der Waals surface area contributed by atoms with Crippen LogP contribution >= 0.6 is 0 Å². The van der Waals surface area contributed by atoms with Crippen molar-refractivity contribution in [2.75, 3.05) is 20.3 Å². The third kappa shape index (κ3) is 3.21. The summed E-state index contributed by atoms with van der Waals surface area (Å²) in [5.74, 6) is 0.717. The molecule has 100 valence electrons. The van der Waals surface area contributed by atoms with E-state index in [1.165, 1.54) is 24.1 Å². The van der Waals surface area contributed by atoms with Crippen molar-refractivity contribution in [1.82, 2.24) is 4.98 Å². The predicted octanol–water partition coefficient (Wildman–Crippen LogP) is 1.83. The minimum absolute atomic E-state index is 0.486. The zero-order valence-corrected chi connectivity index (χ0v) is 11.1. The van der Waals surface area contributed by atoms with Crippen LogP contribution in [-0.4, -0.2) is 25.3 Å². The Morgan fingerprint density at radius 1 is 1.28 bits per heavy atom. The largest absolute Gasteiger partial charge is 0.477 e. The van der Waals surface area contributed by atoms with Gasteiger partial charge in [0.1, 0.15) is 0 Å². The van der Waals surface area contributed by atoms with Crippen molar-refractivity contribution in [3.05, 3.63) is 22.9 Å². The molecule has 0 amide bonds. The van der Waals surface area contributed by atoms with Gasteiger partial charge in [0.25, 0.3) is 0 Å². The number of pyridine rings is 1. The van der Waals surface area contributed by atoms with E-state index in [1.807, 2.05) is 0 Å². The summed E-state index contributed by atoms with van der Waals surface area (Å²) in [4.78, 5) is 4.64. The smallest absolute Gasteiger partial charge is 0.218 e. The Morgan fingerprint density at radius 2 is 2.11 bits per heavy atom. The fourth-order valence-corrected chi connectivity index (χ4v) is 2.31. The number of nitrogens with zero attached hydrogens (tertiary/aromatic N) is 1. The Hall–Kier alpha value is -1.13. The van der Waals surface area contributed by atoms with Gasteiger partial charge in [-0.05, 0) is 37.3 Å². The van der Waals surface area contributed by atoms with E-state index >= 15 is 0 Å². The van der Waals surface area contributed by atoms with Crippen molar-refractivity contribution in [2.24, 2.45) is 5.73 Å². The van der Waals surface area contributed by atoms with Gasteiger partial charge in [0.2, 0.25) is 5.88 Å². The first-order chi connectivity index (χ1) is 8.85. The number of hydrogen-bond donors (Lipinski definition) is 1. The molecule has 1 aliphatic rings. The molecule has 1 aromatic rings. The molecule has 0 aliphatic heterocycles. The van der Waals surface area contributed by atoms with E-state index < -0.39 is 0 Å². The van der Waals surface area contributed by atoms with E-state index in [-0.39, 0.29) is 0 Å². The molecule has 0 unspecified atom stereocenters. The van der Waals surface area contributed by atoms with E-state index in [0.717, 1.165) is 24.8 Å². The molecule has 4 nitrogen and oxygen atoms in total. The van der Waals surface area contributed by atoms with Crippen molar-refractivity contribution in [3.63, 3.8) is 0 Å². The van der Waals surface area contributed by atoms with Crippen LogP contribution in [0.15, 0.2) is 6.07 Å². The highest BCUT2D eigenvalue weighted by Gasteiger charge is 2.15. The van der Waals surface area contributed by atoms with E-state index in [0.29, 0.717) is 25.6 Å². The Kier molecular flexibility index (Phi) is 4.96. The van der Waals surface area contributed by atoms with Crippen LogP contribution in [0, 0.1) is 0 Å². The molecule has 4 heteroatoms. The highest BCUT2D eigenvalue weighted by Crippen LogP contribution is 2.25. The molecular weight excluding hydrogens is 228 g/mol. The maximum absolute atomic E-state index is 5.77. The van der Waals surface area contributed by atoms with Crippen LogP contribution in [0.1, 0.15) is 36.1 Å². The molecule has 0 atom stereocenters. The van der Waals surface area contributed by atoms with Crippen LogP contribution in [0.2, 0.25) is 0 Å². The van der Waals surface area contributed by atoms with Crippen molar-refractivity contribution in [2.45, 2.75) is 38.6 Å². The summed E-state index contributed by atoms with van der Waals surface area (Å²) in [7, 11) is 1.70. The number of nitrogens with two attached hydrogens (primary N) is 1. The van der Waals surface area contributed by atoms with E-state index in [9.17, 15) is 0 Å². The highest BCUT2D eigenvalue weighted by atomic mass is 16.5. The lowest BCUT2D eigenvalue weighted by molar-refractivity contribution is 0.170. The van der Waals surface area contributed by atoms with Gasteiger partial charge in [0.05, 0.1) is 6.61 Å². The number of methoxy groups -OCH3 is 1. The molecule has 0 saturated carbocycles. The Labute approximate surface area is 108 Å². The first kappa shape index (κ1) is 13.3. The molecule has 0 saturated heterocycles. The topological polar surface area (TPSA) is 57.4 Å². The number of fused-ring (bicyclic) bond motifs is 1. The minimum atomic E-state index is 0.486. The summed E-state index contributed by atoms with van der Waals surface area (Å²) < 4.78 is 10.7. The lowest BCUT2D eigenvalue weighted by atomic mass is 9.95. The third-order valence-corrected chi connectivity index (χ3v) is 3.29. The van der Waals surface area contributed by atoms with Gasteiger partial charge in [0, 0.05) is 37.9 Å². The van der Waals surface area contributed by atoms with Crippen molar-refractivity contribution in [1.29, 1.82) is 0 Å². The summed E-state index contributed by atoms with van der Waals surface area (Å²) >= 11 is 0. The number of rotatable bonds is 6. The lowest BCUT2D eigenvalue weighted by Gasteiger charge is -2.18. The van der Waals surface area contributed by atoms with Crippen LogP contribution in [0.5, 0.6) is 5.88 Å². The minimum Gasteiger partial charge on any atom is -0.477 e. The van der Waals surface area contributed by atoms with Crippen LogP contribution < -0.4 is 10.5 Å². The van der Waals surface area contributed by atoms with Gasteiger partial charge in [-0.3, -0.25) is 0 Å². The van der Waals surface area contributed by atoms with Gasteiger partial charge in [-0.25, -0.2) is 4.98 Å². The van der Waals surface area contributed by atoms with E-state index in [4.69, 9.17) is 15.2 Å². The van der Waals surface area contributed by atoms with E-state index in [2.05, 4.69) is 11.1 Å². The second kappa shape index (κ2) is 6.71. The summed E-state index contributed by atoms with van der Waals surface area (Å²) in [6.45, 7) is 1.83. The standard InChI is InChI=1S/C14H22N2O2/c1-17-7-4-8-18-14-12(10-15)9-11-5-2-3-6-13(11)16-14/h9H,2-8,10,15H2,1H3. The van der Waals surface area contributed by atoms with Crippen molar-refractivity contribution >= 4 is 0 Å². The average Bonchev–Trinajstić information content (AvgIpc) is 2.42. The van der Waals surface area contributed by atoms with E-state index in [1.54, 1.807) is 7.11 Å². The predicted molar refractivity (Wildman–Crippen MR) is 70.8 cm³/mol. The first-order valence-electron chi connectivity index (χ1n) is 6.68. The summed E-state index contributed by atoms with van der Waals surface area (Å²) in [5, 5.41) is 0. The molecular formula is C14H22N2O2. The van der Waals surface area contributed by atoms with Gasteiger partial charge in [0.15, 0.2) is 0 Å². The molecule has 2 rings (SSSR count). The van der Waals surface area contributed by atoms with Gasteiger partial charge >= 0.3 is 0 Å². The van der Waals surface area contributed by atoms with Crippen LogP contribution in [0.25, 0.3) is 0 Å². The molecule has 0 aromatic carbocycles. The average molecular weight is 250 g/mol. The Morgan fingerprint density at radius 3 is 2.89 bits per heavy atom. The summed E-state index contributed by atoms with van der Waals surface area (Å²) in [6.07, 6.45) is 5.55. The number of aryl methyl sites for hydroxylation is 2. The quantitative estimate of drug-likeness (QED) is 0.783. The fourth-order valence-electron chi connectivity index (χ4n) is 2.31. The third-order valence-electron chi connectivity index (χ3n) is 3.29.